The van der Waals surface area contributed by atoms with Crippen molar-refractivity contribution in [3.8, 4) is 16.9 Å². The third-order valence-electron chi connectivity index (χ3n) is 8.59. The summed E-state index contributed by atoms with van der Waals surface area (Å²) in [6, 6.07) is 23.9. The van der Waals surface area contributed by atoms with Crippen LogP contribution in [0.3, 0.4) is 0 Å². The van der Waals surface area contributed by atoms with E-state index in [2.05, 4.69) is 72.5 Å². The van der Waals surface area contributed by atoms with Gasteiger partial charge in [-0.05, 0) is 127 Å². The zero-order chi connectivity index (χ0) is 33.9. The molecule has 0 bridgehead atoms. The Hall–Kier alpha value is -4.11. The summed E-state index contributed by atoms with van der Waals surface area (Å²) in [4.78, 5) is 20.9. The van der Waals surface area contributed by atoms with Crippen molar-refractivity contribution in [1.82, 2.24) is 4.98 Å². The number of fused-ring (bicyclic) bond motifs is 1. The average molecular weight is 666 g/mol. The smallest absolute Gasteiger partial charge is 0.251 e. The SMILES string of the molecule is CCCCOCCOc1ccc(-c2ccc3c(c2)/C=C(/C(=O)Nc2ccc([S@@+]([O-])Cc4cnc(C)cc4CC)cc2)CCCN3C)cc1. The van der Waals surface area contributed by atoms with Gasteiger partial charge in [-0.1, -0.05) is 38.5 Å². The fraction of sp³-hybridized carbons (Fsp3) is 0.350. The van der Waals surface area contributed by atoms with Crippen molar-refractivity contribution in [2.24, 2.45) is 0 Å². The maximum atomic E-state index is 13.6. The number of amides is 1. The second-order valence-electron chi connectivity index (χ2n) is 12.2. The van der Waals surface area contributed by atoms with Crippen molar-refractivity contribution in [3.63, 3.8) is 0 Å². The van der Waals surface area contributed by atoms with Crippen LogP contribution < -0.4 is 15.0 Å². The topological polar surface area (TPSA) is 86.8 Å². The minimum absolute atomic E-state index is 0.122. The average Bonchev–Trinajstić information content (AvgIpc) is 3.09. The van der Waals surface area contributed by atoms with Gasteiger partial charge in [0.05, 0.1) is 6.61 Å². The van der Waals surface area contributed by atoms with E-state index in [1.54, 1.807) is 0 Å². The lowest BCUT2D eigenvalue weighted by Gasteiger charge is -2.25. The number of aromatic nitrogens is 1. The predicted molar refractivity (Wildman–Crippen MR) is 197 cm³/mol. The summed E-state index contributed by atoms with van der Waals surface area (Å²) in [5.74, 6) is 1.11. The molecule has 0 saturated carbocycles. The minimum atomic E-state index is -1.21. The third kappa shape index (κ3) is 9.49. The van der Waals surface area contributed by atoms with Crippen molar-refractivity contribution in [2.75, 3.05) is 43.6 Å². The van der Waals surface area contributed by atoms with Crippen LogP contribution >= 0.6 is 0 Å². The number of carbonyl (C=O) groups excluding carboxylic acids is 1. The van der Waals surface area contributed by atoms with Crippen LogP contribution in [-0.2, 0) is 32.9 Å². The van der Waals surface area contributed by atoms with E-state index in [0.29, 0.717) is 31.1 Å². The molecule has 7 nitrogen and oxygen atoms in total. The Balaban J connectivity index is 1.25. The van der Waals surface area contributed by atoms with Gasteiger partial charge < -0.3 is 24.2 Å². The van der Waals surface area contributed by atoms with Gasteiger partial charge in [-0.25, -0.2) is 0 Å². The lowest BCUT2D eigenvalue weighted by atomic mass is 9.96. The highest BCUT2D eigenvalue weighted by molar-refractivity contribution is 7.90. The lowest BCUT2D eigenvalue weighted by molar-refractivity contribution is -0.112. The molecule has 5 rings (SSSR count). The van der Waals surface area contributed by atoms with E-state index in [0.717, 1.165) is 88.7 Å². The molecule has 1 aliphatic rings. The van der Waals surface area contributed by atoms with Crippen LogP contribution in [-0.4, -0.2) is 48.9 Å². The molecule has 1 atom stereocenters. The number of nitrogens with one attached hydrogen (secondary N) is 1. The minimum Gasteiger partial charge on any atom is -0.611 e. The Bertz CT molecular complexity index is 1690. The van der Waals surface area contributed by atoms with Gasteiger partial charge in [0.25, 0.3) is 5.91 Å². The third-order valence-corrected chi connectivity index (χ3v) is 9.96. The Kier molecular flexibility index (Phi) is 12.7. The zero-order valence-electron chi connectivity index (χ0n) is 28.6. The molecule has 48 heavy (non-hydrogen) atoms. The number of benzene rings is 3. The molecule has 1 aliphatic heterocycles. The summed E-state index contributed by atoms with van der Waals surface area (Å²) in [5.41, 5.74) is 8.81. The molecule has 0 fully saturated rings. The molecule has 1 N–H and O–H groups in total. The van der Waals surface area contributed by atoms with Crippen LogP contribution in [0, 0.1) is 6.92 Å². The Morgan fingerprint density at radius 1 is 0.958 bits per heavy atom. The van der Waals surface area contributed by atoms with Crippen LogP contribution in [0.5, 0.6) is 5.75 Å². The Labute approximate surface area is 288 Å². The van der Waals surface area contributed by atoms with E-state index < -0.39 is 11.2 Å². The lowest BCUT2D eigenvalue weighted by Crippen LogP contribution is -2.23. The van der Waals surface area contributed by atoms with Gasteiger partial charge in [0, 0.05) is 54.6 Å². The number of carbonyl (C=O) groups is 1. The van der Waals surface area contributed by atoms with Crippen molar-refractivity contribution in [3.05, 3.63) is 107 Å². The molecule has 8 heteroatoms. The summed E-state index contributed by atoms with van der Waals surface area (Å²) < 4.78 is 24.6. The molecule has 3 aromatic carbocycles. The predicted octanol–water partition coefficient (Wildman–Crippen LogP) is 8.37. The number of hydrogen-bond acceptors (Lipinski definition) is 6. The summed E-state index contributed by atoms with van der Waals surface area (Å²) in [6.07, 6.45) is 8.45. The fourth-order valence-electron chi connectivity index (χ4n) is 5.80. The van der Waals surface area contributed by atoms with Crippen LogP contribution in [0.15, 0.2) is 89.5 Å². The van der Waals surface area contributed by atoms with E-state index in [-0.39, 0.29) is 5.91 Å². The first-order valence-corrected chi connectivity index (χ1v) is 18.3. The van der Waals surface area contributed by atoms with Crippen molar-refractivity contribution in [2.45, 2.75) is 63.5 Å². The van der Waals surface area contributed by atoms with Gasteiger partial charge in [0.2, 0.25) is 0 Å². The second-order valence-corrected chi connectivity index (χ2v) is 13.7. The highest BCUT2D eigenvalue weighted by Gasteiger charge is 2.19. The maximum absolute atomic E-state index is 13.6. The summed E-state index contributed by atoms with van der Waals surface area (Å²) in [6.45, 7) is 8.95. The fourth-order valence-corrected chi connectivity index (χ4v) is 6.95. The molecule has 1 amide bonds. The molecule has 1 aromatic heterocycles. The number of rotatable bonds is 14. The number of unbranched alkanes of at least 4 members (excludes halogenated alkanes) is 1. The molecule has 0 unspecified atom stereocenters. The van der Waals surface area contributed by atoms with Gasteiger partial charge in [-0.15, -0.1) is 0 Å². The molecule has 252 valence electrons. The van der Waals surface area contributed by atoms with E-state index >= 15 is 0 Å². The quantitative estimate of drug-likeness (QED) is 0.108. The molecule has 2 heterocycles. The second kappa shape index (κ2) is 17.3. The van der Waals surface area contributed by atoms with Crippen LogP contribution in [0.25, 0.3) is 17.2 Å². The van der Waals surface area contributed by atoms with Crippen LogP contribution in [0.4, 0.5) is 11.4 Å². The van der Waals surface area contributed by atoms with E-state index in [1.165, 1.54) is 5.56 Å². The first-order valence-electron chi connectivity index (χ1n) is 17.0. The standard InChI is InChI=1S/C40H47N3O4S/c1-5-7-21-46-22-23-47-37-15-10-31(11-16-37)32-12-19-39-34(25-32)26-33(9-8-20-43(39)4)40(44)42-36-13-17-38(18-14-36)48(45)28-35-27-41-29(3)24-30(35)6-2/h10-19,24-27H,5-9,20-23,28H2,1-4H3,(H,42,44)/b33-26+/t48-/m0/s1. The van der Waals surface area contributed by atoms with Crippen LogP contribution in [0.1, 0.15) is 61.9 Å². The number of anilines is 2. The number of hydrogen-bond donors (Lipinski definition) is 1. The highest BCUT2D eigenvalue weighted by atomic mass is 32.2. The van der Waals surface area contributed by atoms with Crippen molar-refractivity contribution < 1.29 is 18.8 Å². The number of nitrogens with zero attached hydrogens (tertiary/aromatic N) is 2. The molecule has 0 spiro atoms. The van der Waals surface area contributed by atoms with E-state index in [4.69, 9.17) is 9.47 Å². The molecular formula is C40H47N3O4S. The Morgan fingerprint density at radius 3 is 2.48 bits per heavy atom. The van der Waals surface area contributed by atoms with Crippen molar-refractivity contribution in [1.29, 1.82) is 0 Å². The summed E-state index contributed by atoms with van der Waals surface area (Å²) in [5, 5.41) is 3.07. The normalized spacial score (nSPS) is 14.7. The van der Waals surface area contributed by atoms with Crippen molar-refractivity contribution >= 4 is 34.5 Å². The highest BCUT2D eigenvalue weighted by Crippen LogP contribution is 2.32. The van der Waals surface area contributed by atoms with Gasteiger partial charge in [-0.3, -0.25) is 9.78 Å². The maximum Gasteiger partial charge on any atom is 0.251 e. The van der Waals surface area contributed by atoms with Gasteiger partial charge in [0.1, 0.15) is 18.1 Å². The number of ether oxygens (including phenoxy) is 2. The number of aryl methyl sites for hydroxylation is 2. The van der Waals surface area contributed by atoms with E-state index in [9.17, 15) is 9.35 Å². The van der Waals surface area contributed by atoms with Gasteiger partial charge >= 0.3 is 0 Å². The first-order chi connectivity index (χ1) is 23.3. The molecule has 4 aromatic rings. The summed E-state index contributed by atoms with van der Waals surface area (Å²) >= 11 is -1.21. The molecule has 0 aliphatic carbocycles. The van der Waals surface area contributed by atoms with Crippen LogP contribution in [0.2, 0.25) is 0 Å². The molecule has 0 radical (unpaired) electrons. The van der Waals surface area contributed by atoms with Gasteiger partial charge in [-0.2, -0.15) is 0 Å². The van der Waals surface area contributed by atoms with E-state index in [1.807, 2.05) is 55.6 Å². The molecular weight excluding hydrogens is 619 g/mol. The summed E-state index contributed by atoms with van der Waals surface area (Å²) in [7, 11) is 2.10. The monoisotopic (exact) mass is 665 g/mol. The largest absolute Gasteiger partial charge is 0.611 e. The first kappa shape index (κ1) is 35.2. The van der Waals surface area contributed by atoms with Gasteiger partial charge in [0.15, 0.2) is 4.90 Å². The zero-order valence-corrected chi connectivity index (χ0v) is 29.4. The Morgan fingerprint density at radius 2 is 1.73 bits per heavy atom. The molecule has 0 saturated heterocycles. The number of pyridine rings is 1.